The second-order valence-corrected chi connectivity index (χ2v) is 5.96. The third-order valence-corrected chi connectivity index (χ3v) is 4.43. The number of likely N-dealkylation sites (tertiary alicyclic amines) is 1. The molecule has 2 heterocycles. The molecule has 1 aromatic heterocycles. The van der Waals surface area contributed by atoms with Gasteiger partial charge >= 0.3 is 11.9 Å². The van der Waals surface area contributed by atoms with Crippen LogP contribution in [0.4, 0.5) is 0 Å². The minimum Gasteiger partial charge on any atom is -0.473 e. The Balaban J connectivity index is 0.000000326. The molecule has 132 valence electrons. The number of piperidine rings is 1. The maximum absolute atomic E-state index is 9.10. The van der Waals surface area contributed by atoms with Gasteiger partial charge < -0.3 is 20.1 Å². The second-order valence-electron chi connectivity index (χ2n) is 5.96. The number of hydrogen-bond donors (Lipinski definition) is 3. The molecule has 3 rings (SSSR count). The molecule has 7 heteroatoms. The number of hydrogen-bond acceptors (Lipinski definition) is 4. The average molecular weight is 343 g/mol. The van der Waals surface area contributed by atoms with Gasteiger partial charge in [0, 0.05) is 22.5 Å². The number of nitriles is 1. The van der Waals surface area contributed by atoms with Crippen molar-refractivity contribution in [2.45, 2.75) is 25.7 Å². The van der Waals surface area contributed by atoms with Gasteiger partial charge in [-0.2, -0.15) is 5.26 Å². The van der Waals surface area contributed by atoms with Crippen LogP contribution in [0.25, 0.3) is 10.9 Å². The van der Waals surface area contributed by atoms with Gasteiger partial charge in [0.05, 0.1) is 11.6 Å². The minimum absolute atomic E-state index is 0.640. The van der Waals surface area contributed by atoms with E-state index in [9.17, 15) is 0 Å². The number of fused-ring (bicyclic) bond motifs is 1. The van der Waals surface area contributed by atoms with Crippen molar-refractivity contribution < 1.29 is 19.8 Å². The van der Waals surface area contributed by atoms with Crippen molar-refractivity contribution in [3.05, 3.63) is 35.5 Å². The highest BCUT2D eigenvalue weighted by Gasteiger charge is 2.20. The number of nitrogens with zero attached hydrogens (tertiary/aromatic N) is 2. The molecule has 3 N–H and O–H groups in total. The number of carboxylic acid groups (broad SMARTS) is 2. The highest BCUT2D eigenvalue weighted by molar-refractivity contribution is 6.27. The molecule has 1 aromatic carbocycles. The van der Waals surface area contributed by atoms with E-state index in [2.05, 4.69) is 28.9 Å². The Labute approximate surface area is 145 Å². The second kappa shape index (κ2) is 8.31. The van der Waals surface area contributed by atoms with Gasteiger partial charge in [-0.15, -0.1) is 0 Å². The van der Waals surface area contributed by atoms with Crippen molar-refractivity contribution in [1.82, 2.24) is 9.88 Å². The fourth-order valence-corrected chi connectivity index (χ4v) is 3.00. The van der Waals surface area contributed by atoms with Crippen LogP contribution in [0.5, 0.6) is 0 Å². The molecule has 0 spiro atoms. The highest BCUT2D eigenvalue weighted by atomic mass is 16.4. The summed E-state index contributed by atoms with van der Waals surface area (Å²) in [5.41, 5.74) is 3.21. The van der Waals surface area contributed by atoms with Crippen LogP contribution in [-0.4, -0.2) is 51.7 Å². The quantitative estimate of drug-likeness (QED) is 0.721. The van der Waals surface area contributed by atoms with Crippen molar-refractivity contribution in [2.24, 2.45) is 0 Å². The van der Waals surface area contributed by atoms with Crippen LogP contribution in [0, 0.1) is 11.3 Å². The summed E-state index contributed by atoms with van der Waals surface area (Å²) in [4.78, 5) is 24.2. The van der Waals surface area contributed by atoms with Crippen LogP contribution in [0.15, 0.2) is 24.3 Å². The van der Waals surface area contributed by atoms with Gasteiger partial charge in [-0.1, -0.05) is 6.92 Å². The van der Waals surface area contributed by atoms with E-state index in [1.807, 2.05) is 18.2 Å². The number of aromatic amines is 1. The van der Waals surface area contributed by atoms with E-state index in [0.29, 0.717) is 5.92 Å². The summed E-state index contributed by atoms with van der Waals surface area (Å²) in [6.07, 6.45) is 2.46. The third-order valence-electron chi connectivity index (χ3n) is 4.43. The molecule has 0 amide bonds. The Bertz CT molecular complexity index is 786. The lowest BCUT2D eigenvalue weighted by molar-refractivity contribution is -0.159. The number of carboxylic acids is 2. The maximum Gasteiger partial charge on any atom is 0.414 e. The van der Waals surface area contributed by atoms with Gasteiger partial charge in [-0.25, -0.2) is 9.59 Å². The smallest absolute Gasteiger partial charge is 0.414 e. The van der Waals surface area contributed by atoms with Crippen molar-refractivity contribution >= 4 is 22.8 Å². The molecule has 0 unspecified atom stereocenters. The molecule has 0 atom stereocenters. The first-order chi connectivity index (χ1) is 11.9. The van der Waals surface area contributed by atoms with Crippen LogP contribution in [0.1, 0.15) is 36.9 Å². The standard InChI is InChI=1S/C16H19N3.C2H2O4/c1-2-19-7-5-13(6-8-19)16-10-14-9-12(11-17)3-4-15(14)18-16;3-1(4)2(5)6/h3-4,9-10,13,18H,2,5-8H2,1H3;(H,3,4)(H,5,6). The number of H-pyrrole nitrogens is 1. The van der Waals surface area contributed by atoms with E-state index in [0.717, 1.165) is 23.0 Å². The number of aromatic nitrogens is 1. The normalized spacial score (nSPS) is 15.2. The van der Waals surface area contributed by atoms with E-state index in [4.69, 9.17) is 25.1 Å². The molecular weight excluding hydrogens is 322 g/mol. The Morgan fingerprint density at radius 2 is 1.88 bits per heavy atom. The van der Waals surface area contributed by atoms with Gasteiger partial charge in [0.2, 0.25) is 0 Å². The lowest BCUT2D eigenvalue weighted by Gasteiger charge is -2.30. The monoisotopic (exact) mass is 343 g/mol. The van der Waals surface area contributed by atoms with E-state index in [-0.39, 0.29) is 0 Å². The zero-order chi connectivity index (χ0) is 18.4. The van der Waals surface area contributed by atoms with Crippen molar-refractivity contribution in [2.75, 3.05) is 19.6 Å². The predicted molar refractivity (Wildman–Crippen MR) is 92.4 cm³/mol. The summed E-state index contributed by atoms with van der Waals surface area (Å²) in [7, 11) is 0. The van der Waals surface area contributed by atoms with E-state index in [1.165, 1.54) is 31.6 Å². The van der Waals surface area contributed by atoms with Gasteiger partial charge in [-0.05, 0) is 56.7 Å². The topological polar surface area (TPSA) is 117 Å². The Hall–Kier alpha value is -2.85. The van der Waals surface area contributed by atoms with E-state index >= 15 is 0 Å². The molecule has 2 aromatic rings. The fraction of sp³-hybridized carbons (Fsp3) is 0.389. The van der Waals surface area contributed by atoms with Gasteiger partial charge in [0.1, 0.15) is 0 Å². The molecule has 0 saturated carbocycles. The molecule has 1 saturated heterocycles. The maximum atomic E-state index is 9.10. The number of nitrogens with one attached hydrogen (secondary N) is 1. The zero-order valence-corrected chi connectivity index (χ0v) is 14.0. The van der Waals surface area contributed by atoms with Crippen LogP contribution in [0.3, 0.4) is 0 Å². The molecule has 1 aliphatic rings. The molecular formula is C18H21N3O4. The minimum atomic E-state index is -1.82. The molecule has 0 bridgehead atoms. The molecule has 7 nitrogen and oxygen atoms in total. The van der Waals surface area contributed by atoms with Gasteiger partial charge in [0.15, 0.2) is 0 Å². The SMILES string of the molecule is CCN1CCC(c2cc3cc(C#N)ccc3[nH]2)CC1.O=C(O)C(=O)O. The van der Waals surface area contributed by atoms with Gasteiger partial charge in [-0.3, -0.25) is 0 Å². The first-order valence-corrected chi connectivity index (χ1v) is 8.16. The molecule has 1 fully saturated rings. The van der Waals surface area contributed by atoms with Crippen LogP contribution in [0.2, 0.25) is 0 Å². The third kappa shape index (κ3) is 4.81. The molecule has 1 aliphatic heterocycles. The number of benzene rings is 1. The summed E-state index contributed by atoms with van der Waals surface area (Å²) in [6, 6.07) is 10.3. The highest BCUT2D eigenvalue weighted by Crippen LogP contribution is 2.30. The Morgan fingerprint density at radius 3 is 2.40 bits per heavy atom. The largest absolute Gasteiger partial charge is 0.473 e. The van der Waals surface area contributed by atoms with Crippen molar-refractivity contribution in [3.8, 4) is 6.07 Å². The summed E-state index contributed by atoms with van der Waals surface area (Å²) < 4.78 is 0. The van der Waals surface area contributed by atoms with Crippen LogP contribution in [-0.2, 0) is 9.59 Å². The summed E-state index contributed by atoms with van der Waals surface area (Å²) in [6.45, 7) is 5.78. The fourth-order valence-electron chi connectivity index (χ4n) is 3.00. The average Bonchev–Trinajstić information content (AvgIpc) is 3.05. The van der Waals surface area contributed by atoms with Crippen LogP contribution < -0.4 is 0 Å². The number of carbonyl (C=O) groups is 2. The Kier molecular flexibility index (Phi) is 6.14. The molecule has 25 heavy (non-hydrogen) atoms. The first kappa shape index (κ1) is 18.5. The van der Waals surface area contributed by atoms with Crippen molar-refractivity contribution in [1.29, 1.82) is 5.26 Å². The number of rotatable bonds is 2. The van der Waals surface area contributed by atoms with Gasteiger partial charge in [0.25, 0.3) is 0 Å². The Morgan fingerprint density at radius 1 is 1.24 bits per heavy atom. The predicted octanol–water partition coefficient (Wildman–Crippen LogP) is 2.39. The lowest BCUT2D eigenvalue weighted by atomic mass is 9.93. The summed E-state index contributed by atoms with van der Waals surface area (Å²) in [5, 5.41) is 24.9. The van der Waals surface area contributed by atoms with Crippen LogP contribution >= 0.6 is 0 Å². The first-order valence-electron chi connectivity index (χ1n) is 8.16. The summed E-state index contributed by atoms with van der Waals surface area (Å²) in [5.74, 6) is -3.01. The number of aliphatic carboxylic acids is 2. The summed E-state index contributed by atoms with van der Waals surface area (Å²) >= 11 is 0. The lowest BCUT2D eigenvalue weighted by Crippen LogP contribution is -2.32. The van der Waals surface area contributed by atoms with Crippen molar-refractivity contribution in [3.63, 3.8) is 0 Å². The van der Waals surface area contributed by atoms with E-state index in [1.54, 1.807) is 0 Å². The zero-order valence-electron chi connectivity index (χ0n) is 14.0. The molecule has 0 aliphatic carbocycles. The molecule has 0 radical (unpaired) electrons. The van der Waals surface area contributed by atoms with E-state index < -0.39 is 11.9 Å².